The molecule has 0 aliphatic rings. The van der Waals surface area contributed by atoms with Crippen molar-refractivity contribution < 1.29 is 23.5 Å². The molecule has 0 aliphatic heterocycles. The first-order valence-corrected chi connectivity index (χ1v) is 7.28. The number of amides is 1. The van der Waals surface area contributed by atoms with Crippen LogP contribution in [0.25, 0.3) is 0 Å². The van der Waals surface area contributed by atoms with Crippen molar-refractivity contribution in [3.05, 3.63) is 35.4 Å². The minimum atomic E-state index is -1.13. The molecule has 0 fully saturated rings. The van der Waals surface area contributed by atoms with Crippen LogP contribution in [-0.2, 0) is 16.0 Å². The predicted octanol–water partition coefficient (Wildman–Crippen LogP) is 1.83. The lowest BCUT2D eigenvalue weighted by molar-refractivity contribution is -0.141. The summed E-state index contributed by atoms with van der Waals surface area (Å²) in [5, 5.41) is 11.3. The number of hydrogen-bond acceptors (Lipinski definition) is 3. The molecule has 1 amide bonds. The van der Waals surface area contributed by atoms with Gasteiger partial charge in [0.05, 0.1) is 6.42 Å². The van der Waals surface area contributed by atoms with Crippen LogP contribution >= 0.6 is 11.8 Å². The van der Waals surface area contributed by atoms with Crippen LogP contribution in [0, 0.1) is 11.6 Å². The Hall–Kier alpha value is -1.63. The molecule has 0 bridgehead atoms. The minimum Gasteiger partial charge on any atom is -0.480 e. The lowest BCUT2D eigenvalue weighted by atomic mass is 10.1. The average molecular weight is 303 g/mol. The van der Waals surface area contributed by atoms with E-state index in [0.717, 1.165) is 6.07 Å². The van der Waals surface area contributed by atoms with E-state index < -0.39 is 29.6 Å². The first-order chi connectivity index (χ1) is 9.43. The van der Waals surface area contributed by atoms with Crippen molar-refractivity contribution in [3.8, 4) is 0 Å². The highest BCUT2D eigenvalue weighted by Gasteiger charge is 2.20. The van der Waals surface area contributed by atoms with Gasteiger partial charge in [0.2, 0.25) is 5.91 Å². The molecule has 0 heterocycles. The van der Waals surface area contributed by atoms with Gasteiger partial charge in [0.1, 0.15) is 17.7 Å². The minimum absolute atomic E-state index is 0.0258. The molecule has 0 aromatic heterocycles. The lowest BCUT2D eigenvalue weighted by Crippen LogP contribution is -2.42. The summed E-state index contributed by atoms with van der Waals surface area (Å²) in [5.41, 5.74) is 0.0258. The number of nitrogens with one attached hydrogen (secondary N) is 1. The molecule has 110 valence electrons. The highest BCUT2D eigenvalue weighted by atomic mass is 32.2. The monoisotopic (exact) mass is 303 g/mol. The SMILES string of the molecule is CSCC[C@H](NC(=O)Cc1ccc(F)cc1F)C(=O)O. The first kappa shape index (κ1) is 16.4. The van der Waals surface area contributed by atoms with E-state index in [9.17, 15) is 18.4 Å². The zero-order valence-corrected chi connectivity index (χ0v) is 11.7. The summed E-state index contributed by atoms with van der Waals surface area (Å²) in [6.45, 7) is 0. The number of carboxylic acid groups (broad SMARTS) is 1. The largest absolute Gasteiger partial charge is 0.480 e. The Morgan fingerprint density at radius 3 is 2.65 bits per heavy atom. The second kappa shape index (κ2) is 7.84. The maximum Gasteiger partial charge on any atom is 0.326 e. The molecule has 0 radical (unpaired) electrons. The average Bonchev–Trinajstić information content (AvgIpc) is 2.37. The fourth-order valence-electron chi connectivity index (χ4n) is 1.58. The molecule has 4 nitrogen and oxygen atoms in total. The predicted molar refractivity (Wildman–Crippen MR) is 72.6 cm³/mol. The highest BCUT2D eigenvalue weighted by molar-refractivity contribution is 7.98. The summed E-state index contributed by atoms with van der Waals surface area (Å²) in [7, 11) is 0. The van der Waals surface area contributed by atoms with Gasteiger partial charge < -0.3 is 10.4 Å². The van der Waals surface area contributed by atoms with Gasteiger partial charge in [0, 0.05) is 6.07 Å². The summed E-state index contributed by atoms with van der Waals surface area (Å²) in [6, 6.07) is 1.90. The van der Waals surface area contributed by atoms with Gasteiger partial charge in [-0.2, -0.15) is 11.8 Å². The first-order valence-electron chi connectivity index (χ1n) is 5.89. The number of benzene rings is 1. The Labute approximate surface area is 119 Å². The second-order valence-corrected chi connectivity index (χ2v) is 5.14. The molecule has 7 heteroatoms. The standard InChI is InChI=1S/C13H15F2NO3S/c1-20-5-4-11(13(18)19)16-12(17)6-8-2-3-9(14)7-10(8)15/h2-3,7,11H,4-6H2,1H3,(H,16,17)(H,18,19)/t11-/m0/s1. The number of aliphatic carboxylic acids is 1. The quantitative estimate of drug-likeness (QED) is 0.806. The van der Waals surface area contributed by atoms with Crippen molar-refractivity contribution in [1.29, 1.82) is 0 Å². The Bertz CT molecular complexity index is 497. The normalized spacial score (nSPS) is 11.9. The number of halogens is 2. The summed E-state index contributed by atoms with van der Waals surface area (Å²) in [4.78, 5) is 22.6. The van der Waals surface area contributed by atoms with E-state index in [2.05, 4.69) is 5.32 Å². The maximum atomic E-state index is 13.4. The highest BCUT2D eigenvalue weighted by Crippen LogP contribution is 2.10. The van der Waals surface area contributed by atoms with E-state index in [4.69, 9.17) is 5.11 Å². The molecular formula is C13H15F2NO3S. The van der Waals surface area contributed by atoms with Crippen molar-refractivity contribution >= 4 is 23.6 Å². The van der Waals surface area contributed by atoms with Crippen LogP contribution in [0.1, 0.15) is 12.0 Å². The van der Waals surface area contributed by atoms with Gasteiger partial charge in [0.25, 0.3) is 0 Å². The van der Waals surface area contributed by atoms with Crippen LogP contribution in [0.2, 0.25) is 0 Å². The molecule has 0 unspecified atom stereocenters. The molecule has 1 rings (SSSR count). The number of carbonyl (C=O) groups is 2. The van der Waals surface area contributed by atoms with Gasteiger partial charge >= 0.3 is 5.97 Å². The number of carboxylic acids is 1. The van der Waals surface area contributed by atoms with Crippen LogP contribution in [0.5, 0.6) is 0 Å². The molecule has 0 aliphatic carbocycles. The van der Waals surface area contributed by atoms with E-state index >= 15 is 0 Å². The zero-order chi connectivity index (χ0) is 15.1. The Morgan fingerprint density at radius 2 is 2.10 bits per heavy atom. The molecule has 1 aromatic rings. The molecule has 0 saturated heterocycles. The van der Waals surface area contributed by atoms with Gasteiger partial charge in [-0.1, -0.05) is 6.07 Å². The van der Waals surface area contributed by atoms with Crippen LogP contribution in [0.15, 0.2) is 18.2 Å². The van der Waals surface area contributed by atoms with Crippen molar-refractivity contribution in [1.82, 2.24) is 5.32 Å². The zero-order valence-electron chi connectivity index (χ0n) is 10.9. The second-order valence-electron chi connectivity index (χ2n) is 4.15. The summed E-state index contributed by atoms with van der Waals surface area (Å²) < 4.78 is 26.1. The smallest absolute Gasteiger partial charge is 0.326 e. The van der Waals surface area contributed by atoms with Crippen LogP contribution in [0.4, 0.5) is 8.78 Å². The van der Waals surface area contributed by atoms with E-state index in [1.165, 1.54) is 17.8 Å². The van der Waals surface area contributed by atoms with Gasteiger partial charge in [-0.25, -0.2) is 13.6 Å². The van der Waals surface area contributed by atoms with E-state index in [-0.39, 0.29) is 18.4 Å². The third-order valence-corrected chi connectivity index (χ3v) is 3.25. The van der Waals surface area contributed by atoms with Crippen molar-refractivity contribution in [2.75, 3.05) is 12.0 Å². The van der Waals surface area contributed by atoms with Crippen LogP contribution < -0.4 is 5.32 Å². The van der Waals surface area contributed by atoms with Gasteiger partial charge in [-0.15, -0.1) is 0 Å². The van der Waals surface area contributed by atoms with Crippen molar-refractivity contribution in [2.24, 2.45) is 0 Å². The molecule has 20 heavy (non-hydrogen) atoms. The molecule has 1 aromatic carbocycles. The fourth-order valence-corrected chi connectivity index (χ4v) is 2.05. The number of thioether (sulfide) groups is 1. The fraction of sp³-hybridized carbons (Fsp3) is 0.385. The summed E-state index contributed by atoms with van der Waals surface area (Å²) >= 11 is 1.47. The Kier molecular flexibility index (Phi) is 6.44. The van der Waals surface area contributed by atoms with Crippen molar-refractivity contribution in [2.45, 2.75) is 18.9 Å². The van der Waals surface area contributed by atoms with Crippen LogP contribution in [-0.4, -0.2) is 35.0 Å². The number of carbonyl (C=O) groups excluding carboxylic acids is 1. The third kappa shape index (κ3) is 5.16. The van der Waals surface area contributed by atoms with Gasteiger partial charge in [-0.3, -0.25) is 4.79 Å². The Balaban J connectivity index is 2.63. The maximum absolute atomic E-state index is 13.4. The summed E-state index contributed by atoms with van der Waals surface area (Å²) in [5.74, 6) is -2.70. The molecule has 0 spiro atoms. The van der Waals surface area contributed by atoms with E-state index in [1.807, 2.05) is 6.26 Å². The third-order valence-electron chi connectivity index (χ3n) is 2.61. The van der Waals surface area contributed by atoms with E-state index in [0.29, 0.717) is 11.8 Å². The number of hydrogen-bond donors (Lipinski definition) is 2. The van der Waals surface area contributed by atoms with E-state index in [1.54, 1.807) is 0 Å². The Morgan fingerprint density at radius 1 is 1.40 bits per heavy atom. The van der Waals surface area contributed by atoms with Crippen LogP contribution in [0.3, 0.4) is 0 Å². The number of rotatable bonds is 7. The van der Waals surface area contributed by atoms with Gasteiger partial charge in [0.15, 0.2) is 0 Å². The molecule has 2 N–H and O–H groups in total. The molecule has 0 saturated carbocycles. The van der Waals surface area contributed by atoms with Gasteiger partial charge in [-0.05, 0) is 30.1 Å². The molecule has 1 atom stereocenters. The lowest BCUT2D eigenvalue weighted by Gasteiger charge is -2.14. The van der Waals surface area contributed by atoms with Crippen molar-refractivity contribution in [3.63, 3.8) is 0 Å². The summed E-state index contributed by atoms with van der Waals surface area (Å²) in [6.07, 6.45) is 1.79. The topological polar surface area (TPSA) is 66.4 Å². The molecular weight excluding hydrogens is 288 g/mol.